The highest BCUT2D eigenvalue weighted by molar-refractivity contribution is 6.30. The predicted molar refractivity (Wildman–Crippen MR) is 75.5 cm³/mol. The quantitative estimate of drug-likeness (QED) is 0.750. The number of nitrogens with zero attached hydrogens (tertiary/aromatic N) is 4. The van der Waals surface area contributed by atoms with E-state index >= 15 is 0 Å². The second kappa shape index (κ2) is 4.78. The van der Waals surface area contributed by atoms with E-state index in [2.05, 4.69) is 25.9 Å². The minimum Gasteiger partial charge on any atom is -0.351 e. The molecule has 0 aliphatic carbocycles. The van der Waals surface area contributed by atoms with Crippen LogP contribution in [0.25, 0.3) is 0 Å². The van der Waals surface area contributed by atoms with E-state index in [1.165, 1.54) is 11.3 Å². The Bertz CT molecular complexity index is 627. The Morgan fingerprint density at radius 2 is 2.11 bits per heavy atom. The van der Waals surface area contributed by atoms with Crippen molar-refractivity contribution in [2.45, 2.75) is 26.8 Å². The molecule has 98 valence electrons. The average Bonchev–Trinajstić information content (AvgIpc) is 2.42. The van der Waals surface area contributed by atoms with E-state index in [0.29, 0.717) is 11.0 Å². The van der Waals surface area contributed by atoms with Gasteiger partial charge in [0.2, 0.25) is 0 Å². The molecule has 5 heteroatoms. The molecule has 4 nitrogen and oxygen atoms in total. The summed E-state index contributed by atoms with van der Waals surface area (Å²) >= 11 is 6.15. The van der Waals surface area contributed by atoms with Crippen LogP contribution in [-0.4, -0.2) is 21.5 Å². The summed E-state index contributed by atoms with van der Waals surface area (Å²) in [6.07, 6.45) is 2.79. The van der Waals surface area contributed by atoms with Gasteiger partial charge in [0, 0.05) is 37.0 Å². The maximum Gasteiger partial charge on any atom is 0.137 e. The van der Waals surface area contributed by atoms with Gasteiger partial charge in [-0.15, -0.1) is 0 Å². The zero-order valence-electron chi connectivity index (χ0n) is 11.0. The van der Waals surface area contributed by atoms with E-state index < -0.39 is 0 Å². The largest absolute Gasteiger partial charge is 0.351 e. The zero-order valence-corrected chi connectivity index (χ0v) is 11.8. The molecule has 0 saturated heterocycles. The van der Waals surface area contributed by atoms with Gasteiger partial charge in [-0.05, 0) is 25.5 Å². The van der Waals surface area contributed by atoms with E-state index in [0.717, 1.165) is 30.9 Å². The molecule has 0 unspecified atom stereocenters. The number of rotatable bonds is 1. The van der Waals surface area contributed by atoms with Crippen molar-refractivity contribution in [3.8, 4) is 0 Å². The summed E-state index contributed by atoms with van der Waals surface area (Å²) in [5.74, 6) is 1.65. The maximum atomic E-state index is 6.15. The molecule has 3 heterocycles. The lowest BCUT2D eigenvalue weighted by Crippen LogP contribution is -2.32. The molecular weight excluding hydrogens is 260 g/mol. The van der Waals surface area contributed by atoms with Crippen molar-refractivity contribution >= 4 is 17.4 Å². The van der Waals surface area contributed by atoms with Crippen molar-refractivity contribution in [1.82, 2.24) is 15.0 Å². The van der Waals surface area contributed by atoms with Crippen molar-refractivity contribution in [1.29, 1.82) is 0 Å². The fourth-order valence-electron chi connectivity index (χ4n) is 2.43. The Balaban J connectivity index is 1.97. The van der Waals surface area contributed by atoms with Crippen LogP contribution < -0.4 is 4.90 Å². The molecular formula is C14H15ClN4. The summed E-state index contributed by atoms with van der Waals surface area (Å²) in [4.78, 5) is 15.4. The number of fused-ring (bicyclic) bond motifs is 1. The Hall–Kier alpha value is -1.68. The number of aromatic nitrogens is 3. The number of halogens is 1. The smallest absolute Gasteiger partial charge is 0.137 e. The van der Waals surface area contributed by atoms with E-state index in [1.54, 1.807) is 0 Å². The van der Waals surface area contributed by atoms with Gasteiger partial charge >= 0.3 is 0 Å². The number of hydrogen-bond acceptors (Lipinski definition) is 4. The average molecular weight is 275 g/mol. The van der Waals surface area contributed by atoms with Crippen LogP contribution in [0.4, 0.5) is 5.82 Å². The number of anilines is 1. The van der Waals surface area contributed by atoms with Crippen LogP contribution in [0.15, 0.2) is 18.3 Å². The van der Waals surface area contributed by atoms with Crippen LogP contribution >= 0.6 is 11.6 Å². The molecule has 0 saturated carbocycles. The molecule has 2 aromatic heterocycles. The fourth-order valence-corrected chi connectivity index (χ4v) is 2.64. The predicted octanol–water partition coefficient (Wildman–Crippen LogP) is 2.70. The molecule has 1 aliphatic rings. The fraction of sp³-hybridized carbons (Fsp3) is 0.357. The molecule has 0 atom stereocenters. The number of pyridine rings is 1. The lowest BCUT2D eigenvalue weighted by Gasteiger charge is -2.30. The normalized spacial score (nSPS) is 14.4. The minimum absolute atomic E-state index is 0.541. The van der Waals surface area contributed by atoms with Crippen molar-refractivity contribution in [3.63, 3.8) is 0 Å². The highest BCUT2D eigenvalue weighted by Gasteiger charge is 2.21. The van der Waals surface area contributed by atoms with Crippen molar-refractivity contribution in [3.05, 3.63) is 46.1 Å². The summed E-state index contributed by atoms with van der Waals surface area (Å²) in [6, 6.07) is 4.10. The molecule has 0 amide bonds. The summed E-state index contributed by atoms with van der Waals surface area (Å²) in [5, 5.41) is 0.541. The van der Waals surface area contributed by atoms with Crippen LogP contribution in [0, 0.1) is 13.8 Å². The van der Waals surface area contributed by atoms with Gasteiger partial charge in [-0.3, -0.25) is 4.98 Å². The van der Waals surface area contributed by atoms with Gasteiger partial charge in [0.25, 0.3) is 0 Å². The van der Waals surface area contributed by atoms with Crippen LogP contribution in [0.1, 0.15) is 22.6 Å². The first-order chi connectivity index (χ1) is 9.15. The Labute approximate surface area is 117 Å². The van der Waals surface area contributed by atoms with Crippen molar-refractivity contribution in [2.24, 2.45) is 0 Å². The molecule has 0 radical (unpaired) electrons. The SMILES string of the molecule is Cc1nc(Cl)c(C)c(N2CCc3ncccc3C2)n1. The Kier molecular flexibility index (Phi) is 3.11. The first-order valence-electron chi connectivity index (χ1n) is 6.33. The molecule has 1 aliphatic heterocycles. The number of hydrogen-bond donors (Lipinski definition) is 0. The molecule has 19 heavy (non-hydrogen) atoms. The summed E-state index contributed by atoms with van der Waals surface area (Å²) in [6.45, 7) is 5.58. The standard InChI is InChI=1S/C14H15ClN4/c1-9-13(15)17-10(2)18-14(9)19-7-5-12-11(8-19)4-3-6-16-12/h3-4,6H,5,7-8H2,1-2H3. The van der Waals surface area contributed by atoms with Crippen LogP contribution in [0.5, 0.6) is 0 Å². The molecule has 2 aromatic rings. The van der Waals surface area contributed by atoms with Gasteiger partial charge < -0.3 is 4.90 Å². The van der Waals surface area contributed by atoms with Crippen molar-refractivity contribution in [2.75, 3.05) is 11.4 Å². The molecule has 0 spiro atoms. The topological polar surface area (TPSA) is 41.9 Å². The molecule has 0 N–H and O–H groups in total. The lowest BCUT2D eigenvalue weighted by atomic mass is 10.1. The monoisotopic (exact) mass is 274 g/mol. The third kappa shape index (κ3) is 2.28. The summed E-state index contributed by atoms with van der Waals surface area (Å²) in [7, 11) is 0. The molecule has 0 aromatic carbocycles. The second-order valence-corrected chi connectivity index (χ2v) is 5.15. The summed E-state index contributed by atoms with van der Waals surface area (Å²) < 4.78 is 0. The van der Waals surface area contributed by atoms with Crippen LogP contribution in [0.2, 0.25) is 5.15 Å². The van der Waals surface area contributed by atoms with E-state index in [4.69, 9.17) is 11.6 Å². The highest BCUT2D eigenvalue weighted by atomic mass is 35.5. The van der Waals surface area contributed by atoms with E-state index in [9.17, 15) is 0 Å². The van der Waals surface area contributed by atoms with Crippen LogP contribution in [0.3, 0.4) is 0 Å². The number of aryl methyl sites for hydroxylation is 1. The third-order valence-corrected chi connectivity index (χ3v) is 3.80. The first-order valence-corrected chi connectivity index (χ1v) is 6.71. The first kappa shape index (κ1) is 12.4. The second-order valence-electron chi connectivity index (χ2n) is 4.79. The van der Waals surface area contributed by atoms with Gasteiger partial charge in [-0.2, -0.15) is 0 Å². The van der Waals surface area contributed by atoms with E-state index in [-0.39, 0.29) is 0 Å². The Morgan fingerprint density at radius 3 is 2.95 bits per heavy atom. The van der Waals surface area contributed by atoms with Gasteiger partial charge in [-0.1, -0.05) is 17.7 Å². The molecule has 0 bridgehead atoms. The van der Waals surface area contributed by atoms with Crippen LogP contribution in [-0.2, 0) is 13.0 Å². The lowest BCUT2D eigenvalue weighted by molar-refractivity contribution is 0.697. The third-order valence-electron chi connectivity index (χ3n) is 3.44. The van der Waals surface area contributed by atoms with Crippen molar-refractivity contribution < 1.29 is 0 Å². The zero-order chi connectivity index (χ0) is 13.4. The van der Waals surface area contributed by atoms with Gasteiger partial charge in [0.15, 0.2) is 0 Å². The van der Waals surface area contributed by atoms with Gasteiger partial charge in [0.05, 0.1) is 0 Å². The highest BCUT2D eigenvalue weighted by Crippen LogP contribution is 2.27. The van der Waals surface area contributed by atoms with Gasteiger partial charge in [0.1, 0.15) is 16.8 Å². The molecule has 3 rings (SSSR count). The Morgan fingerprint density at radius 1 is 1.26 bits per heavy atom. The summed E-state index contributed by atoms with van der Waals surface area (Å²) in [5.41, 5.74) is 3.40. The molecule has 0 fully saturated rings. The minimum atomic E-state index is 0.541. The maximum absolute atomic E-state index is 6.15. The van der Waals surface area contributed by atoms with Gasteiger partial charge in [-0.25, -0.2) is 9.97 Å². The van der Waals surface area contributed by atoms with E-state index in [1.807, 2.05) is 26.1 Å².